The summed E-state index contributed by atoms with van der Waals surface area (Å²) in [7, 11) is 0. The Morgan fingerprint density at radius 2 is 1.33 bits per heavy atom. The van der Waals surface area contributed by atoms with Gasteiger partial charge < -0.3 is 0 Å². The Kier molecular flexibility index (Phi) is 3.42. The number of rotatable bonds is 3. The van der Waals surface area contributed by atoms with Gasteiger partial charge in [0.1, 0.15) is 11.4 Å². The average molecular weight is 312 g/mol. The van der Waals surface area contributed by atoms with Gasteiger partial charge in [0.2, 0.25) is 0 Å². The molecule has 0 amide bonds. The average Bonchev–Trinajstić information content (AvgIpc) is 3.10. The smallest absolute Gasteiger partial charge is 0.116 e. The van der Waals surface area contributed by atoms with Crippen LogP contribution in [-0.4, -0.2) is 0 Å². The molecule has 3 aromatic rings. The van der Waals surface area contributed by atoms with Crippen molar-refractivity contribution in [3.63, 3.8) is 0 Å². The monoisotopic (exact) mass is 312 g/mol. The van der Waals surface area contributed by atoms with Crippen molar-refractivity contribution in [1.82, 2.24) is 5.43 Å². The molecule has 0 saturated heterocycles. The van der Waals surface area contributed by atoms with E-state index in [1.165, 1.54) is 16.7 Å². The van der Waals surface area contributed by atoms with E-state index in [0.717, 1.165) is 16.9 Å². The van der Waals surface area contributed by atoms with Gasteiger partial charge in [-0.3, -0.25) is 0 Å². The molecule has 0 N–H and O–H groups in total. The van der Waals surface area contributed by atoms with Gasteiger partial charge in [-0.2, -0.15) is 0 Å². The molecule has 0 saturated carbocycles. The molecule has 1 radical (unpaired) electrons. The zero-order valence-corrected chi connectivity index (χ0v) is 13.8. The minimum atomic E-state index is -0.0230. The molecule has 117 valence electrons. The summed E-state index contributed by atoms with van der Waals surface area (Å²) in [6.07, 6.45) is 0. The van der Waals surface area contributed by atoms with Gasteiger partial charge >= 0.3 is 0 Å². The first-order valence-corrected chi connectivity index (χ1v) is 8.07. The molecule has 3 aromatic carbocycles. The van der Waals surface area contributed by atoms with E-state index in [1.54, 1.807) is 0 Å². The lowest BCUT2D eigenvalue weighted by molar-refractivity contribution is 0.641. The van der Waals surface area contributed by atoms with Gasteiger partial charge in [0.25, 0.3) is 0 Å². The van der Waals surface area contributed by atoms with E-state index in [0.29, 0.717) is 0 Å². The van der Waals surface area contributed by atoms with E-state index in [1.807, 2.05) is 12.1 Å². The van der Waals surface area contributed by atoms with Crippen molar-refractivity contribution in [2.24, 2.45) is 10.3 Å². The van der Waals surface area contributed by atoms with Crippen molar-refractivity contribution in [1.29, 1.82) is 0 Å². The second-order valence-electron chi connectivity index (χ2n) is 6.56. The lowest BCUT2D eigenvalue weighted by Crippen LogP contribution is -2.18. The first kappa shape index (κ1) is 14.6. The molecule has 0 fully saturated rings. The predicted molar refractivity (Wildman–Crippen MR) is 96.8 cm³/mol. The van der Waals surface area contributed by atoms with Crippen LogP contribution in [0.3, 0.4) is 0 Å². The maximum atomic E-state index is 4.04. The molecule has 1 aliphatic heterocycles. The number of hydrogen-bond donors (Lipinski definition) is 0. The summed E-state index contributed by atoms with van der Waals surface area (Å²) in [5.74, 6) is 0. The Labute approximate surface area is 142 Å². The predicted octanol–water partition coefficient (Wildman–Crippen LogP) is 5.93. The highest BCUT2D eigenvalue weighted by Gasteiger charge is 2.22. The molecular weight excluding hydrogens is 294 g/mol. The summed E-state index contributed by atoms with van der Waals surface area (Å²) in [5, 5.41) is 7.69. The fraction of sp³-hybridized carbons (Fsp3) is 0.143. The van der Waals surface area contributed by atoms with Crippen LogP contribution in [-0.2, 0) is 5.41 Å². The summed E-state index contributed by atoms with van der Waals surface area (Å²) in [5.41, 5.74) is 10.6. The highest BCUT2D eigenvalue weighted by Crippen LogP contribution is 2.36. The second-order valence-corrected chi connectivity index (χ2v) is 6.56. The van der Waals surface area contributed by atoms with Crippen LogP contribution < -0.4 is 5.43 Å². The second kappa shape index (κ2) is 5.60. The molecule has 0 bridgehead atoms. The van der Waals surface area contributed by atoms with Gasteiger partial charge in [-0.25, -0.2) is 0 Å². The summed E-state index contributed by atoms with van der Waals surface area (Å²) in [6, 6.07) is 25.4. The van der Waals surface area contributed by atoms with Crippen molar-refractivity contribution in [2.45, 2.75) is 19.3 Å². The Bertz CT molecular complexity index is 894. The van der Waals surface area contributed by atoms with Gasteiger partial charge in [-0.05, 0) is 39.6 Å². The number of nitrogens with zero attached hydrogens (tertiary/aromatic N) is 3. The van der Waals surface area contributed by atoms with E-state index >= 15 is 0 Å². The van der Waals surface area contributed by atoms with Crippen LogP contribution in [0.1, 0.15) is 25.0 Å². The molecule has 4 rings (SSSR count). The van der Waals surface area contributed by atoms with Gasteiger partial charge in [0.05, 0.1) is 0 Å². The quantitative estimate of drug-likeness (QED) is 0.575. The van der Waals surface area contributed by atoms with Gasteiger partial charge in [-0.1, -0.05) is 74.5 Å². The first-order chi connectivity index (χ1) is 11.6. The van der Waals surface area contributed by atoms with Crippen molar-refractivity contribution in [3.8, 4) is 11.1 Å². The Morgan fingerprint density at radius 1 is 0.667 bits per heavy atom. The van der Waals surface area contributed by atoms with Gasteiger partial charge in [-0.15, -0.1) is 10.5 Å². The molecule has 1 aliphatic rings. The molecule has 0 atom stereocenters. The van der Waals surface area contributed by atoms with E-state index in [-0.39, 0.29) is 5.41 Å². The standard InChI is InChI=1S/C21H18N3/c1-21(2,17-6-4-3-5-7-17)18-11-8-15(9-12-18)16-10-13-19-20(14-16)23-24-22-19/h3-14H,1-2H3. The van der Waals surface area contributed by atoms with Crippen LogP contribution in [0.5, 0.6) is 0 Å². The zero-order valence-electron chi connectivity index (χ0n) is 13.8. The molecule has 0 unspecified atom stereocenters. The van der Waals surface area contributed by atoms with E-state index in [2.05, 4.69) is 90.3 Å². The molecule has 0 aliphatic carbocycles. The zero-order chi connectivity index (χ0) is 16.6. The largest absolute Gasteiger partial charge is 0.128 e. The van der Waals surface area contributed by atoms with Gasteiger partial charge in [0, 0.05) is 5.41 Å². The van der Waals surface area contributed by atoms with Crippen LogP contribution in [0.4, 0.5) is 11.4 Å². The minimum absolute atomic E-state index is 0.0230. The number of benzene rings is 3. The molecule has 24 heavy (non-hydrogen) atoms. The van der Waals surface area contributed by atoms with E-state index in [4.69, 9.17) is 0 Å². The Morgan fingerprint density at radius 3 is 2.08 bits per heavy atom. The third-order valence-corrected chi connectivity index (χ3v) is 4.72. The lowest BCUT2D eigenvalue weighted by atomic mass is 9.78. The molecule has 0 aromatic heterocycles. The highest BCUT2D eigenvalue weighted by molar-refractivity contribution is 5.74. The van der Waals surface area contributed by atoms with Crippen molar-refractivity contribution in [2.75, 3.05) is 0 Å². The maximum absolute atomic E-state index is 4.04. The van der Waals surface area contributed by atoms with Crippen molar-refractivity contribution < 1.29 is 0 Å². The fourth-order valence-electron chi connectivity index (χ4n) is 3.09. The fourth-order valence-corrected chi connectivity index (χ4v) is 3.09. The summed E-state index contributed by atoms with van der Waals surface area (Å²) in [4.78, 5) is 0. The Hall–Kier alpha value is -2.94. The van der Waals surface area contributed by atoms with Crippen LogP contribution in [0.2, 0.25) is 0 Å². The molecule has 3 nitrogen and oxygen atoms in total. The number of fused-ring (bicyclic) bond motifs is 1. The Balaban J connectivity index is 1.66. The molecule has 1 heterocycles. The summed E-state index contributed by atoms with van der Waals surface area (Å²) < 4.78 is 0. The third-order valence-electron chi connectivity index (χ3n) is 4.72. The van der Waals surface area contributed by atoms with E-state index in [9.17, 15) is 0 Å². The minimum Gasteiger partial charge on any atom is -0.128 e. The third kappa shape index (κ3) is 2.48. The van der Waals surface area contributed by atoms with Crippen molar-refractivity contribution >= 4 is 11.4 Å². The maximum Gasteiger partial charge on any atom is 0.116 e. The number of hydrogen-bond acceptors (Lipinski definition) is 2. The molecular formula is C21H18N3. The van der Waals surface area contributed by atoms with Crippen LogP contribution in [0.15, 0.2) is 83.1 Å². The highest BCUT2D eigenvalue weighted by atomic mass is 15.5. The van der Waals surface area contributed by atoms with E-state index < -0.39 is 0 Å². The topological polar surface area (TPSA) is 38.8 Å². The van der Waals surface area contributed by atoms with Gasteiger partial charge in [0.15, 0.2) is 0 Å². The normalized spacial score (nSPS) is 12.8. The molecule has 0 spiro atoms. The molecule has 3 heteroatoms. The van der Waals surface area contributed by atoms with Crippen molar-refractivity contribution in [3.05, 3.63) is 83.9 Å². The summed E-state index contributed by atoms with van der Waals surface area (Å²) >= 11 is 0. The van der Waals surface area contributed by atoms with Crippen LogP contribution in [0.25, 0.3) is 11.1 Å². The SMILES string of the molecule is CC(C)(c1ccccc1)c1ccc(-c2ccc3c(c2)[N]N=N3)cc1. The van der Waals surface area contributed by atoms with Crippen LogP contribution in [0, 0.1) is 0 Å². The van der Waals surface area contributed by atoms with Crippen LogP contribution >= 0.6 is 0 Å². The lowest BCUT2D eigenvalue weighted by Gasteiger charge is -2.26. The summed E-state index contributed by atoms with van der Waals surface area (Å²) in [6.45, 7) is 4.52. The first-order valence-electron chi connectivity index (χ1n) is 8.07.